The number of benzene rings is 1. The molecule has 0 aliphatic carbocycles. The van der Waals surface area contributed by atoms with Gasteiger partial charge in [0, 0.05) is 18.5 Å². The van der Waals surface area contributed by atoms with Crippen molar-refractivity contribution in [2.24, 2.45) is 0 Å². The minimum Gasteiger partial charge on any atom is -0.386 e. The number of amides is 1. The predicted molar refractivity (Wildman–Crippen MR) is 78.9 cm³/mol. The summed E-state index contributed by atoms with van der Waals surface area (Å²) in [5.41, 5.74) is 0.170. The number of aliphatic hydroxyl groups is 1. The van der Waals surface area contributed by atoms with Gasteiger partial charge < -0.3 is 14.9 Å². The van der Waals surface area contributed by atoms with Crippen molar-refractivity contribution in [2.45, 2.75) is 32.3 Å². The summed E-state index contributed by atoms with van der Waals surface area (Å²) >= 11 is 0. The van der Waals surface area contributed by atoms with Crippen molar-refractivity contribution in [1.29, 1.82) is 0 Å². The third-order valence-electron chi connectivity index (χ3n) is 3.66. The fourth-order valence-corrected chi connectivity index (χ4v) is 2.04. The molecule has 2 rings (SSSR count). The average Bonchev–Trinajstić information content (AvgIpc) is 3.01. The summed E-state index contributed by atoms with van der Waals surface area (Å²) in [5.74, 6) is -2.21. The lowest BCUT2D eigenvalue weighted by atomic mass is 10.1. The van der Waals surface area contributed by atoms with E-state index in [1.807, 2.05) is 13.8 Å². The third-order valence-corrected chi connectivity index (χ3v) is 3.66. The standard InChI is InChI=1S/C16H18F2N2O3/c1-3-9(2)12-7-14(23-20-12)16(22)19-8-13(21)15-10(17)5-4-6-11(15)18/h4-7,9,13,21H,3,8H2,1-2H3,(H,19,22)/t9-,13-/m0/s1. The van der Waals surface area contributed by atoms with E-state index in [-0.39, 0.29) is 18.2 Å². The van der Waals surface area contributed by atoms with Crippen molar-refractivity contribution in [1.82, 2.24) is 10.5 Å². The van der Waals surface area contributed by atoms with Crippen LogP contribution in [0.3, 0.4) is 0 Å². The fourth-order valence-electron chi connectivity index (χ4n) is 2.04. The molecule has 124 valence electrons. The maximum Gasteiger partial charge on any atom is 0.290 e. The maximum atomic E-state index is 13.5. The normalized spacial score (nSPS) is 13.6. The molecule has 0 aliphatic rings. The first-order valence-electron chi connectivity index (χ1n) is 7.30. The van der Waals surface area contributed by atoms with Crippen molar-refractivity contribution in [3.8, 4) is 0 Å². The quantitative estimate of drug-likeness (QED) is 0.857. The van der Waals surface area contributed by atoms with Crippen molar-refractivity contribution in [2.75, 3.05) is 6.54 Å². The molecule has 0 fully saturated rings. The predicted octanol–water partition coefficient (Wildman–Crippen LogP) is 2.93. The number of nitrogens with one attached hydrogen (secondary N) is 1. The van der Waals surface area contributed by atoms with Gasteiger partial charge in [0.15, 0.2) is 0 Å². The van der Waals surface area contributed by atoms with Crippen LogP contribution in [-0.4, -0.2) is 22.7 Å². The number of aliphatic hydroxyl groups excluding tert-OH is 1. The zero-order valence-electron chi connectivity index (χ0n) is 12.8. The van der Waals surface area contributed by atoms with Gasteiger partial charge in [0.2, 0.25) is 5.76 Å². The van der Waals surface area contributed by atoms with Crippen LogP contribution in [0, 0.1) is 11.6 Å². The number of carbonyl (C=O) groups is 1. The van der Waals surface area contributed by atoms with E-state index in [1.165, 1.54) is 12.1 Å². The van der Waals surface area contributed by atoms with Crippen LogP contribution >= 0.6 is 0 Å². The summed E-state index contributed by atoms with van der Waals surface area (Å²) in [6, 6.07) is 4.79. The average molecular weight is 324 g/mol. The van der Waals surface area contributed by atoms with Gasteiger partial charge >= 0.3 is 0 Å². The second-order valence-electron chi connectivity index (χ2n) is 5.29. The first-order valence-corrected chi connectivity index (χ1v) is 7.30. The molecule has 0 bridgehead atoms. The number of aromatic nitrogens is 1. The summed E-state index contributed by atoms with van der Waals surface area (Å²) in [6.45, 7) is 3.58. The molecule has 0 spiro atoms. The molecule has 0 radical (unpaired) electrons. The van der Waals surface area contributed by atoms with E-state index in [4.69, 9.17) is 4.52 Å². The summed E-state index contributed by atoms with van der Waals surface area (Å²) in [4.78, 5) is 11.9. The van der Waals surface area contributed by atoms with E-state index in [9.17, 15) is 18.7 Å². The zero-order valence-corrected chi connectivity index (χ0v) is 12.8. The van der Waals surface area contributed by atoms with Crippen LogP contribution in [0.25, 0.3) is 0 Å². The molecule has 1 amide bonds. The molecule has 2 atom stereocenters. The van der Waals surface area contributed by atoms with Gasteiger partial charge in [0.25, 0.3) is 5.91 Å². The Morgan fingerprint density at radius 3 is 2.65 bits per heavy atom. The Morgan fingerprint density at radius 2 is 2.04 bits per heavy atom. The number of carbonyl (C=O) groups excluding carboxylic acids is 1. The molecule has 23 heavy (non-hydrogen) atoms. The Bertz CT molecular complexity index is 667. The first kappa shape index (κ1) is 17.1. The smallest absolute Gasteiger partial charge is 0.290 e. The zero-order chi connectivity index (χ0) is 17.0. The highest BCUT2D eigenvalue weighted by molar-refractivity contribution is 5.91. The van der Waals surface area contributed by atoms with E-state index < -0.39 is 29.2 Å². The van der Waals surface area contributed by atoms with Crippen molar-refractivity contribution >= 4 is 5.91 Å². The van der Waals surface area contributed by atoms with Gasteiger partial charge in [-0.2, -0.15) is 0 Å². The number of hydrogen-bond acceptors (Lipinski definition) is 4. The Morgan fingerprint density at radius 1 is 1.39 bits per heavy atom. The summed E-state index contributed by atoms with van der Waals surface area (Å²) in [6.07, 6.45) is -0.657. The first-order chi connectivity index (χ1) is 10.9. The van der Waals surface area contributed by atoms with Crippen LogP contribution < -0.4 is 5.32 Å². The Hall–Kier alpha value is -2.28. The van der Waals surface area contributed by atoms with Crippen LogP contribution in [0.4, 0.5) is 8.78 Å². The van der Waals surface area contributed by atoms with Crippen LogP contribution in [0.1, 0.15) is 54.1 Å². The fraction of sp³-hybridized carbons (Fsp3) is 0.375. The molecule has 7 heteroatoms. The van der Waals surface area contributed by atoms with E-state index >= 15 is 0 Å². The van der Waals surface area contributed by atoms with Crippen molar-refractivity contribution in [3.05, 3.63) is 52.9 Å². The second kappa shape index (κ2) is 7.32. The van der Waals surface area contributed by atoms with Crippen LogP contribution in [0.15, 0.2) is 28.8 Å². The minimum absolute atomic E-state index is 0.0125. The molecule has 1 aromatic carbocycles. The lowest BCUT2D eigenvalue weighted by molar-refractivity contribution is 0.0875. The van der Waals surface area contributed by atoms with Gasteiger partial charge in [0.1, 0.15) is 17.7 Å². The van der Waals surface area contributed by atoms with Crippen molar-refractivity contribution < 1.29 is 23.2 Å². The van der Waals surface area contributed by atoms with Gasteiger partial charge in [-0.05, 0) is 18.6 Å². The molecular formula is C16H18F2N2O3. The highest BCUT2D eigenvalue weighted by atomic mass is 19.1. The molecule has 2 N–H and O–H groups in total. The SMILES string of the molecule is CC[C@H](C)c1cc(C(=O)NC[C@H](O)c2c(F)cccc2F)on1. The van der Waals surface area contributed by atoms with Crippen molar-refractivity contribution in [3.63, 3.8) is 0 Å². The number of rotatable bonds is 6. The molecular weight excluding hydrogens is 306 g/mol. The molecule has 1 aromatic heterocycles. The molecule has 0 unspecified atom stereocenters. The Kier molecular flexibility index (Phi) is 5.44. The Balaban J connectivity index is 2.00. The van der Waals surface area contributed by atoms with Gasteiger partial charge in [0.05, 0.1) is 11.3 Å². The number of nitrogens with zero attached hydrogens (tertiary/aromatic N) is 1. The van der Waals surface area contributed by atoms with E-state index in [0.717, 1.165) is 18.6 Å². The topological polar surface area (TPSA) is 75.4 Å². The second-order valence-corrected chi connectivity index (χ2v) is 5.29. The van der Waals surface area contributed by atoms with Gasteiger partial charge in [-0.15, -0.1) is 0 Å². The number of halogens is 2. The van der Waals surface area contributed by atoms with E-state index in [0.29, 0.717) is 5.69 Å². The minimum atomic E-state index is -1.50. The molecule has 0 aliphatic heterocycles. The van der Waals surface area contributed by atoms with Crippen LogP contribution in [0.5, 0.6) is 0 Å². The van der Waals surface area contributed by atoms with E-state index in [2.05, 4.69) is 10.5 Å². The largest absolute Gasteiger partial charge is 0.386 e. The lowest BCUT2D eigenvalue weighted by Gasteiger charge is -2.13. The van der Waals surface area contributed by atoms with Gasteiger partial charge in [-0.3, -0.25) is 4.79 Å². The summed E-state index contributed by atoms with van der Waals surface area (Å²) < 4.78 is 32.0. The van der Waals surface area contributed by atoms with E-state index in [1.54, 1.807) is 0 Å². The highest BCUT2D eigenvalue weighted by Gasteiger charge is 2.20. The molecule has 5 nitrogen and oxygen atoms in total. The monoisotopic (exact) mass is 324 g/mol. The van der Waals surface area contributed by atoms with Gasteiger partial charge in [-0.1, -0.05) is 25.1 Å². The molecule has 0 saturated carbocycles. The van der Waals surface area contributed by atoms with Gasteiger partial charge in [-0.25, -0.2) is 8.78 Å². The molecule has 0 saturated heterocycles. The third kappa shape index (κ3) is 3.92. The maximum absolute atomic E-state index is 13.5. The summed E-state index contributed by atoms with van der Waals surface area (Å²) in [7, 11) is 0. The molecule has 2 aromatic rings. The highest BCUT2D eigenvalue weighted by Crippen LogP contribution is 2.21. The molecule has 1 heterocycles. The Labute approximate surface area is 132 Å². The number of hydrogen-bond donors (Lipinski definition) is 2. The summed E-state index contributed by atoms with van der Waals surface area (Å²) in [5, 5.41) is 16.0. The lowest BCUT2D eigenvalue weighted by Crippen LogP contribution is -2.28. The van der Waals surface area contributed by atoms with Crippen LogP contribution in [-0.2, 0) is 0 Å². The van der Waals surface area contributed by atoms with Crippen LogP contribution in [0.2, 0.25) is 0 Å².